The van der Waals surface area contributed by atoms with Crippen molar-refractivity contribution in [2.24, 2.45) is 5.73 Å². The van der Waals surface area contributed by atoms with E-state index in [1.807, 2.05) is 31.2 Å². The van der Waals surface area contributed by atoms with Crippen molar-refractivity contribution in [1.29, 1.82) is 0 Å². The van der Waals surface area contributed by atoms with Gasteiger partial charge in [0.25, 0.3) is 0 Å². The van der Waals surface area contributed by atoms with Crippen LogP contribution in [0.15, 0.2) is 36.4 Å². The summed E-state index contributed by atoms with van der Waals surface area (Å²) in [7, 11) is 0. The van der Waals surface area contributed by atoms with E-state index in [-0.39, 0.29) is 12.4 Å². The van der Waals surface area contributed by atoms with E-state index in [4.69, 9.17) is 5.73 Å². The molecular weight excluding hydrogens is 342 g/mol. The molecule has 0 aliphatic heterocycles. The Balaban J connectivity index is 1.75. The minimum Gasteiger partial charge on any atom is -0.394 e. The van der Waals surface area contributed by atoms with Crippen molar-refractivity contribution in [2.75, 3.05) is 6.61 Å². The number of benzene rings is 1. The summed E-state index contributed by atoms with van der Waals surface area (Å²) in [5.74, 6) is 6.57. The smallest absolute Gasteiger partial charge is 0.159 e. The zero-order valence-electron chi connectivity index (χ0n) is 15.5. The molecule has 0 amide bonds. The molecular formula is C22H27NO2S. The van der Waals surface area contributed by atoms with Crippen molar-refractivity contribution in [3.8, 4) is 11.8 Å². The third-order valence-electron chi connectivity index (χ3n) is 4.30. The number of unbranched alkanes of at least 4 members (excludes halogenated alkanes) is 1. The number of rotatable bonds is 8. The van der Waals surface area contributed by atoms with Crippen molar-refractivity contribution < 1.29 is 9.90 Å². The molecule has 3 N–H and O–H groups in total. The number of carbonyl (C=O) groups excluding carboxylic acids is 1. The maximum atomic E-state index is 11.3. The molecule has 0 saturated carbocycles. The van der Waals surface area contributed by atoms with Gasteiger partial charge in [-0.25, -0.2) is 0 Å². The fraction of sp³-hybridized carbons (Fsp3) is 0.409. The highest BCUT2D eigenvalue weighted by Gasteiger charge is 2.16. The third-order valence-corrected chi connectivity index (χ3v) is 5.37. The van der Waals surface area contributed by atoms with E-state index in [2.05, 4.69) is 24.0 Å². The van der Waals surface area contributed by atoms with Gasteiger partial charge in [0.1, 0.15) is 0 Å². The summed E-state index contributed by atoms with van der Waals surface area (Å²) in [6, 6.07) is 12.0. The Morgan fingerprint density at radius 1 is 1.19 bits per heavy atom. The molecule has 0 fully saturated rings. The standard InChI is InChI=1S/C22H27NO2S/c1-17(25)19-10-8-18(9-11-19)6-4-3-5-7-20-12-13-21(26-20)14-15-22(2,23)16-24/h8-13,24H,3-4,6,14-16,23H2,1-2H3. The predicted octanol–water partition coefficient (Wildman–Crippen LogP) is 3.97. The minimum atomic E-state index is -0.515. The number of ketones is 1. The van der Waals surface area contributed by atoms with E-state index >= 15 is 0 Å². The average Bonchev–Trinajstić information content (AvgIpc) is 3.08. The fourth-order valence-corrected chi connectivity index (χ4v) is 3.39. The predicted molar refractivity (Wildman–Crippen MR) is 109 cm³/mol. The van der Waals surface area contributed by atoms with E-state index in [1.165, 1.54) is 10.4 Å². The quantitative estimate of drug-likeness (QED) is 0.420. The van der Waals surface area contributed by atoms with Crippen LogP contribution in [0.25, 0.3) is 0 Å². The molecule has 1 heterocycles. The monoisotopic (exact) mass is 369 g/mol. The molecule has 0 spiro atoms. The molecule has 0 aliphatic carbocycles. The van der Waals surface area contributed by atoms with Crippen molar-refractivity contribution in [3.63, 3.8) is 0 Å². The summed E-state index contributed by atoms with van der Waals surface area (Å²) < 4.78 is 0. The fourth-order valence-electron chi connectivity index (χ4n) is 2.50. The number of aliphatic hydroxyl groups excluding tert-OH is 1. The van der Waals surface area contributed by atoms with Crippen LogP contribution in [0.4, 0.5) is 0 Å². The van der Waals surface area contributed by atoms with Gasteiger partial charge in [0.15, 0.2) is 5.78 Å². The molecule has 2 rings (SSSR count). The van der Waals surface area contributed by atoms with Gasteiger partial charge in [0, 0.05) is 22.4 Å². The van der Waals surface area contributed by atoms with Gasteiger partial charge in [-0.2, -0.15) is 0 Å². The summed E-state index contributed by atoms with van der Waals surface area (Å²) in [5, 5.41) is 9.21. The first-order valence-electron chi connectivity index (χ1n) is 8.97. The summed E-state index contributed by atoms with van der Waals surface area (Å²) in [6.45, 7) is 3.46. The molecule has 0 aliphatic rings. The van der Waals surface area contributed by atoms with Crippen molar-refractivity contribution in [2.45, 2.75) is 51.5 Å². The number of aryl methyl sites for hydroxylation is 2. The van der Waals surface area contributed by atoms with Crippen LogP contribution < -0.4 is 5.73 Å². The zero-order chi connectivity index (χ0) is 19.0. The average molecular weight is 370 g/mol. The van der Waals surface area contributed by atoms with Crippen LogP contribution in [-0.2, 0) is 12.8 Å². The highest BCUT2D eigenvalue weighted by Crippen LogP contribution is 2.19. The van der Waals surface area contributed by atoms with Crippen LogP contribution in [0.1, 0.15) is 58.8 Å². The van der Waals surface area contributed by atoms with Gasteiger partial charge >= 0.3 is 0 Å². The molecule has 0 radical (unpaired) electrons. The third kappa shape index (κ3) is 6.76. The number of hydrogen-bond acceptors (Lipinski definition) is 4. The van der Waals surface area contributed by atoms with Gasteiger partial charge in [-0.1, -0.05) is 36.1 Å². The molecule has 4 heteroatoms. The lowest BCUT2D eigenvalue weighted by Crippen LogP contribution is -2.40. The normalized spacial score (nSPS) is 12.9. The number of carbonyl (C=O) groups is 1. The topological polar surface area (TPSA) is 63.3 Å². The second-order valence-corrected chi connectivity index (χ2v) is 8.15. The first-order valence-corrected chi connectivity index (χ1v) is 9.78. The van der Waals surface area contributed by atoms with Crippen LogP contribution in [0.5, 0.6) is 0 Å². The summed E-state index contributed by atoms with van der Waals surface area (Å²) in [4.78, 5) is 13.6. The summed E-state index contributed by atoms with van der Waals surface area (Å²) in [5.41, 5.74) is 7.45. The Kier molecular flexibility index (Phi) is 7.59. The Hall–Kier alpha value is -1.93. The van der Waals surface area contributed by atoms with Crippen molar-refractivity contribution in [1.82, 2.24) is 0 Å². The molecule has 3 nitrogen and oxygen atoms in total. The van der Waals surface area contributed by atoms with Crippen LogP contribution >= 0.6 is 11.3 Å². The number of hydrogen-bond donors (Lipinski definition) is 2. The number of thiophene rings is 1. The number of aliphatic hydroxyl groups is 1. The van der Waals surface area contributed by atoms with Gasteiger partial charge in [0.2, 0.25) is 0 Å². The van der Waals surface area contributed by atoms with E-state index in [0.717, 1.165) is 42.5 Å². The largest absolute Gasteiger partial charge is 0.394 e. The van der Waals surface area contributed by atoms with Gasteiger partial charge in [-0.15, -0.1) is 11.3 Å². The van der Waals surface area contributed by atoms with E-state index in [9.17, 15) is 9.90 Å². The second-order valence-electron chi connectivity index (χ2n) is 6.99. The summed E-state index contributed by atoms with van der Waals surface area (Å²) >= 11 is 1.70. The van der Waals surface area contributed by atoms with Crippen LogP contribution in [0, 0.1) is 11.8 Å². The van der Waals surface area contributed by atoms with Gasteiger partial charge in [-0.3, -0.25) is 4.79 Å². The van der Waals surface area contributed by atoms with Crippen molar-refractivity contribution in [3.05, 3.63) is 57.3 Å². The number of Topliss-reactive ketones (excluding diaryl/α,β-unsaturated/α-hetero) is 1. The van der Waals surface area contributed by atoms with Crippen molar-refractivity contribution >= 4 is 17.1 Å². The van der Waals surface area contributed by atoms with E-state index < -0.39 is 5.54 Å². The number of nitrogens with two attached hydrogens (primary N) is 1. The van der Waals surface area contributed by atoms with Gasteiger partial charge < -0.3 is 10.8 Å². The lowest BCUT2D eigenvalue weighted by molar-refractivity contribution is 0.101. The molecule has 1 atom stereocenters. The molecule has 0 saturated heterocycles. The summed E-state index contributed by atoms with van der Waals surface area (Å²) in [6.07, 6.45) is 4.47. The second kappa shape index (κ2) is 9.68. The van der Waals surface area contributed by atoms with E-state index in [0.29, 0.717) is 0 Å². The molecule has 26 heavy (non-hydrogen) atoms. The highest BCUT2D eigenvalue weighted by molar-refractivity contribution is 7.12. The zero-order valence-corrected chi connectivity index (χ0v) is 16.4. The first-order chi connectivity index (χ1) is 12.4. The Morgan fingerprint density at radius 2 is 1.92 bits per heavy atom. The van der Waals surface area contributed by atoms with Gasteiger partial charge in [0.05, 0.1) is 11.5 Å². The molecule has 1 aromatic carbocycles. The molecule has 138 valence electrons. The SMILES string of the molecule is CC(=O)c1ccc(CCCC#Cc2ccc(CCC(C)(N)CO)s2)cc1. The minimum absolute atomic E-state index is 0.00250. The molecule has 0 bridgehead atoms. The van der Waals surface area contributed by atoms with Crippen LogP contribution in [0.3, 0.4) is 0 Å². The lowest BCUT2D eigenvalue weighted by atomic mass is 9.98. The molecule has 1 unspecified atom stereocenters. The highest BCUT2D eigenvalue weighted by atomic mass is 32.1. The lowest BCUT2D eigenvalue weighted by Gasteiger charge is -2.20. The van der Waals surface area contributed by atoms with Crippen LogP contribution in [0.2, 0.25) is 0 Å². The molecule has 2 aromatic rings. The maximum absolute atomic E-state index is 11.3. The Morgan fingerprint density at radius 3 is 2.58 bits per heavy atom. The van der Waals surface area contributed by atoms with E-state index in [1.54, 1.807) is 18.3 Å². The maximum Gasteiger partial charge on any atom is 0.159 e. The van der Waals surface area contributed by atoms with Gasteiger partial charge in [-0.05, 0) is 57.2 Å². The Bertz CT molecular complexity index is 778. The van der Waals surface area contributed by atoms with Crippen LogP contribution in [-0.4, -0.2) is 23.0 Å². The first kappa shape index (κ1) is 20.4. The molecule has 1 aromatic heterocycles. The Labute approximate surface area is 160 Å².